The third-order valence-electron chi connectivity index (χ3n) is 1.65. The molecule has 0 saturated heterocycles. The number of hydrogen-bond acceptors (Lipinski definition) is 8. The van der Waals surface area contributed by atoms with Crippen molar-refractivity contribution in [3.05, 3.63) is 0 Å². The summed E-state index contributed by atoms with van der Waals surface area (Å²) < 4.78 is 28.1. The fourth-order valence-corrected chi connectivity index (χ4v) is 0.778. The van der Waals surface area contributed by atoms with Crippen molar-refractivity contribution in [1.82, 2.24) is 0 Å². The molecule has 0 rings (SSSR count). The van der Waals surface area contributed by atoms with Gasteiger partial charge < -0.3 is 38.6 Å². The Kier molecular flexibility index (Phi) is 27.9. The Morgan fingerprint density at radius 1 is 0.696 bits per heavy atom. The average Bonchev–Trinajstić information content (AvgIpc) is 2.46. The molecule has 0 unspecified atom stereocenters. The zero-order chi connectivity index (χ0) is 17.1. The fourth-order valence-electron chi connectivity index (χ4n) is 0.778. The van der Waals surface area contributed by atoms with Crippen LogP contribution in [0.5, 0.6) is 0 Å². The molecule has 10 nitrogen and oxygen atoms in total. The molecule has 0 aliphatic rings. The van der Waals surface area contributed by atoms with Crippen molar-refractivity contribution in [2.75, 3.05) is 67.4 Å². The first kappa shape index (κ1) is 27.2. The van der Waals surface area contributed by atoms with Crippen LogP contribution in [-0.2, 0) is 57.5 Å². The minimum Gasteiger partial charge on any atom is -0.480 e. The van der Waals surface area contributed by atoms with E-state index in [0.29, 0.717) is 26.4 Å². The van der Waals surface area contributed by atoms with Gasteiger partial charge in [-0.2, -0.15) is 0 Å². The first-order valence-electron chi connectivity index (χ1n) is 6.27. The molecule has 0 aromatic rings. The van der Waals surface area contributed by atoms with Crippen LogP contribution in [0.25, 0.3) is 0 Å². The maximum atomic E-state index is 9.88. The molecule has 0 spiro atoms. The van der Waals surface area contributed by atoms with Crippen LogP contribution in [0.4, 0.5) is 0 Å². The maximum Gasteiger partial charge on any atom is 0.329 e. The third-order valence-corrected chi connectivity index (χ3v) is 1.65. The summed E-state index contributed by atoms with van der Waals surface area (Å²) in [4.78, 5) is 19.8. The Labute approximate surface area is 147 Å². The number of methoxy groups -OCH3 is 2. The van der Waals surface area contributed by atoms with E-state index in [1.807, 2.05) is 0 Å². The summed E-state index contributed by atoms with van der Waals surface area (Å²) >= 11 is 0. The Morgan fingerprint density at radius 3 is 1.30 bits per heavy atom. The Balaban J connectivity index is -0.000000333. The van der Waals surface area contributed by atoms with E-state index in [4.69, 9.17) is 19.7 Å². The summed E-state index contributed by atoms with van der Waals surface area (Å²) in [6.07, 6.45) is 0. The summed E-state index contributed by atoms with van der Waals surface area (Å²) in [6.45, 7) is 1.13. The molecule has 0 bridgehead atoms. The predicted molar refractivity (Wildman–Crippen MR) is 72.6 cm³/mol. The average molecular weight is 394 g/mol. The second-order valence-electron chi connectivity index (χ2n) is 3.52. The summed E-state index contributed by atoms with van der Waals surface area (Å²) in [5.74, 6) is -2.00. The number of hydrogen-bond donors (Lipinski definition) is 2. The van der Waals surface area contributed by atoms with Crippen molar-refractivity contribution in [2.45, 2.75) is 0 Å². The molecule has 0 aromatic heterocycles. The van der Waals surface area contributed by atoms with Crippen molar-refractivity contribution in [1.29, 1.82) is 0 Å². The molecule has 0 saturated carbocycles. The van der Waals surface area contributed by atoms with Gasteiger partial charge in [-0.15, -0.1) is 0 Å². The van der Waals surface area contributed by atoms with E-state index in [2.05, 4.69) is 18.9 Å². The van der Waals surface area contributed by atoms with Gasteiger partial charge in [-0.1, -0.05) is 0 Å². The number of ether oxygens (including phenoxy) is 6. The van der Waals surface area contributed by atoms with Gasteiger partial charge >= 0.3 is 11.9 Å². The van der Waals surface area contributed by atoms with E-state index in [0.717, 1.165) is 0 Å². The summed E-state index contributed by atoms with van der Waals surface area (Å²) in [5, 5.41) is 16.2. The third kappa shape index (κ3) is 33.9. The number of carbonyl (C=O) groups is 2. The second-order valence-corrected chi connectivity index (χ2v) is 3.52. The first-order chi connectivity index (χ1) is 10.5. The SMILES string of the molecule is COCCOCOCC(=O)O.COCCOCOCC(=O)O.[Zn]. The molecule has 0 atom stereocenters. The number of carboxylic acid groups (broad SMARTS) is 2. The van der Waals surface area contributed by atoms with Crippen LogP contribution in [0.15, 0.2) is 0 Å². The molecule has 23 heavy (non-hydrogen) atoms. The van der Waals surface area contributed by atoms with Gasteiger partial charge in [0, 0.05) is 33.7 Å². The van der Waals surface area contributed by atoms with E-state index in [9.17, 15) is 9.59 Å². The van der Waals surface area contributed by atoms with Gasteiger partial charge in [-0.25, -0.2) is 9.59 Å². The van der Waals surface area contributed by atoms with Crippen LogP contribution in [0.3, 0.4) is 0 Å². The normalized spacial score (nSPS) is 9.48. The van der Waals surface area contributed by atoms with Crippen LogP contribution in [-0.4, -0.2) is 89.6 Å². The molecule has 11 heteroatoms. The van der Waals surface area contributed by atoms with Crippen molar-refractivity contribution >= 4 is 11.9 Å². The molecular formula is C12H24O10Zn. The van der Waals surface area contributed by atoms with Crippen LogP contribution in [0, 0.1) is 0 Å². The molecule has 0 aliphatic carbocycles. The van der Waals surface area contributed by atoms with Crippen molar-refractivity contribution in [2.24, 2.45) is 0 Å². The Morgan fingerprint density at radius 2 is 1.04 bits per heavy atom. The van der Waals surface area contributed by atoms with Gasteiger partial charge in [-0.05, 0) is 0 Å². The van der Waals surface area contributed by atoms with E-state index >= 15 is 0 Å². The maximum absolute atomic E-state index is 9.88. The molecule has 0 amide bonds. The molecule has 134 valence electrons. The van der Waals surface area contributed by atoms with Crippen LogP contribution >= 0.6 is 0 Å². The van der Waals surface area contributed by atoms with Gasteiger partial charge in [0.05, 0.1) is 26.4 Å². The standard InChI is InChI=1S/2C6H12O5.Zn/c2*1-9-2-3-10-5-11-4-6(7)8;/h2*2-5H2,1H3,(H,7,8);. The Bertz CT molecular complexity index is 238. The predicted octanol–water partition coefficient (Wildman–Crippen LogP) is -0.586. The van der Waals surface area contributed by atoms with Gasteiger partial charge in [0.1, 0.15) is 26.8 Å². The van der Waals surface area contributed by atoms with Gasteiger partial charge in [0.2, 0.25) is 0 Å². The minimum atomic E-state index is -1.000. The molecule has 0 aromatic carbocycles. The molecule has 0 fully saturated rings. The molecule has 0 heterocycles. The zero-order valence-corrected chi connectivity index (χ0v) is 16.5. The van der Waals surface area contributed by atoms with Crippen LogP contribution < -0.4 is 0 Å². The van der Waals surface area contributed by atoms with E-state index in [-0.39, 0.29) is 46.3 Å². The fraction of sp³-hybridized carbons (Fsp3) is 0.833. The minimum absolute atomic E-state index is 0. The van der Waals surface area contributed by atoms with E-state index in [1.54, 1.807) is 14.2 Å². The zero-order valence-electron chi connectivity index (χ0n) is 13.5. The molecule has 2 N–H and O–H groups in total. The van der Waals surface area contributed by atoms with E-state index in [1.165, 1.54) is 0 Å². The molecule has 0 aliphatic heterocycles. The summed E-state index contributed by atoms with van der Waals surface area (Å²) in [5.41, 5.74) is 0. The number of carboxylic acids is 2. The Hall–Kier alpha value is -0.677. The molecular weight excluding hydrogens is 370 g/mol. The van der Waals surface area contributed by atoms with Crippen LogP contribution in [0.2, 0.25) is 0 Å². The largest absolute Gasteiger partial charge is 0.480 e. The summed E-state index contributed by atoms with van der Waals surface area (Å²) in [6, 6.07) is 0. The number of aliphatic carboxylic acids is 2. The van der Waals surface area contributed by atoms with Gasteiger partial charge in [0.25, 0.3) is 0 Å². The first-order valence-corrected chi connectivity index (χ1v) is 6.27. The smallest absolute Gasteiger partial charge is 0.329 e. The second kappa shape index (κ2) is 23.6. The molecule has 0 radical (unpaired) electrons. The quantitative estimate of drug-likeness (QED) is 0.224. The topological polar surface area (TPSA) is 130 Å². The monoisotopic (exact) mass is 392 g/mol. The van der Waals surface area contributed by atoms with E-state index < -0.39 is 11.9 Å². The van der Waals surface area contributed by atoms with Gasteiger partial charge in [0.15, 0.2) is 0 Å². The van der Waals surface area contributed by atoms with Crippen molar-refractivity contribution < 1.29 is 67.7 Å². The number of rotatable bonds is 14. The summed E-state index contributed by atoms with van der Waals surface area (Å²) in [7, 11) is 3.11. The van der Waals surface area contributed by atoms with Gasteiger partial charge in [-0.3, -0.25) is 0 Å². The van der Waals surface area contributed by atoms with Crippen LogP contribution in [0.1, 0.15) is 0 Å². The van der Waals surface area contributed by atoms with Crippen molar-refractivity contribution in [3.8, 4) is 0 Å². The van der Waals surface area contributed by atoms with Crippen molar-refractivity contribution in [3.63, 3.8) is 0 Å².